The summed E-state index contributed by atoms with van der Waals surface area (Å²) in [6, 6.07) is 0. The number of aliphatic hydroxyl groups is 1. The number of aryl methyl sites for hydroxylation is 2. The molecule has 11 heteroatoms. The zero-order chi connectivity index (χ0) is 23.9. The Morgan fingerprint density at radius 3 is 2.28 bits per heavy atom. The van der Waals surface area contributed by atoms with E-state index < -0.39 is 18.9 Å². The van der Waals surface area contributed by atoms with Gasteiger partial charge >= 0.3 is 13.3 Å². The molecule has 0 amide bonds. The summed E-state index contributed by atoms with van der Waals surface area (Å²) in [6.45, 7) is 8.48. The number of unbranched alkanes of at least 4 members (excludes halogenated alkanes) is 2. The second-order valence-electron chi connectivity index (χ2n) is 8.56. The summed E-state index contributed by atoms with van der Waals surface area (Å²) in [6.07, 6.45) is 5.05. The minimum absolute atomic E-state index is 0.286. The highest BCUT2D eigenvalue weighted by molar-refractivity contribution is 7.53. The Morgan fingerprint density at radius 1 is 1.06 bits per heavy atom. The van der Waals surface area contributed by atoms with Crippen molar-refractivity contribution in [3.8, 4) is 0 Å². The highest BCUT2D eigenvalue weighted by atomic mass is 31.2. The molecule has 0 aliphatic heterocycles. The largest absolute Gasteiger partial charge is 0.390 e. The van der Waals surface area contributed by atoms with Crippen LogP contribution in [0.2, 0.25) is 0 Å². The maximum Gasteiger partial charge on any atom is 0.332 e. The molecule has 0 atom stereocenters. The van der Waals surface area contributed by atoms with Gasteiger partial charge in [-0.25, -0.2) is 9.78 Å². The number of imidazole rings is 1. The van der Waals surface area contributed by atoms with Crippen molar-refractivity contribution in [3.63, 3.8) is 0 Å². The summed E-state index contributed by atoms with van der Waals surface area (Å²) in [5, 5.41) is 9.85. The van der Waals surface area contributed by atoms with Crippen LogP contribution < -0.4 is 11.2 Å². The normalized spacial score (nSPS) is 12.7. The highest BCUT2D eigenvalue weighted by Crippen LogP contribution is 2.48. The van der Waals surface area contributed by atoms with Crippen LogP contribution in [0, 0.1) is 0 Å². The number of hydrogen-bond acceptors (Lipinski definition) is 7. The predicted molar refractivity (Wildman–Crippen MR) is 124 cm³/mol. The van der Waals surface area contributed by atoms with Crippen molar-refractivity contribution in [2.45, 2.75) is 78.5 Å². The fourth-order valence-corrected chi connectivity index (χ4v) is 5.39. The molecule has 0 radical (unpaired) electrons. The molecule has 1 N–H and O–H groups in total. The van der Waals surface area contributed by atoms with Crippen LogP contribution in [0.3, 0.4) is 0 Å². The van der Waals surface area contributed by atoms with Gasteiger partial charge in [0.2, 0.25) is 0 Å². The fraction of sp³-hybridized carbons (Fsp3) is 0.762. The lowest BCUT2D eigenvalue weighted by Crippen LogP contribution is -2.39. The van der Waals surface area contributed by atoms with Gasteiger partial charge in [-0.2, -0.15) is 0 Å². The minimum Gasteiger partial charge on any atom is -0.390 e. The molecule has 2 aromatic heterocycles. The molecule has 10 nitrogen and oxygen atoms in total. The van der Waals surface area contributed by atoms with Crippen LogP contribution in [0.15, 0.2) is 15.9 Å². The van der Waals surface area contributed by atoms with Gasteiger partial charge in [-0.05, 0) is 59.8 Å². The van der Waals surface area contributed by atoms with Crippen molar-refractivity contribution in [2.24, 2.45) is 7.05 Å². The number of aromatic nitrogens is 4. The third-order valence-corrected chi connectivity index (χ3v) is 7.42. The van der Waals surface area contributed by atoms with E-state index in [0.717, 1.165) is 0 Å². The van der Waals surface area contributed by atoms with Gasteiger partial charge in [-0.1, -0.05) is 0 Å². The van der Waals surface area contributed by atoms with Crippen LogP contribution in [0.1, 0.15) is 59.8 Å². The Kier molecular flexibility index (Phi) is 9.45. The maximum absolute atomic E-state index is 13.1. The number of rotatable bonds is 14. The Balaban J connectivity index is 2.14. The molecular weight excluding hydrogens is 435 g/mol. The van der Waals surface area contributed by atoms with E-state index in [2.05, 4.69) is 4.98 Å². The van der Waals surface area contributed by atoms with Crippen molar-refractivity contribution in [1.82, 2.24) is 18.7 Å². The molecule has 32 heavy (non-hydrogen) atoms. The van der Waals surface area contributed by atoms with Crippen LogP contribution in [0.4, 0.5) is 0 Å². The zero-order valence-corrected chi connectivity index (χ0v) is 20.8. The Bertz CT molecular complexity index is 1040. The topological polar surface area (TPSA) is 118 Å². The third kappa shape index (κ3) is 6.88. The quantitative estimate of drug-likeness (QED) is 0.332. The van der Waals surface area contributed by atoms with Gasteiger partial charge in [0, 0.05) is 20.1 Å². The van der Waals surface area contributed by atoms with Gasteiger partial charge in [0.05, 0.1) is 31.3 Å². The SMILES string of the molecule is CCOP(=O)(CCCCn1cnc2c1c(=O)n(CCCCC(C)(C)O)c(=O)n2C)OCC. The summed E-state index contributed by atoms with van der Waals surface area (Å²) in [5.74, 6) is 0. The van der Waals surface area contributed by atoms with E-state index in [4.69, 9.17) is 9.05 Å². The molecule has 0 aliphatic rings. The Morgan fingerprint density at radius 2 is 1.69 bits per heavy atom. The van der Waals surface area contributed by atoms with Gasteiger partial charge in [0.15, 0.2) is 11.2 Å². The van der Waals surface area contributed by atoms with Crippen molar-refractivity contribution in [1.29, 1.82) is 0 Å². The van der Waals surface area contributed by atoms with Crippen LogP contribution >= 0.6 is 7.60 Å². The lowest BCUT2D eigenvalue weighted by molar-refractivity contribution is 0.0678. The molecule has 0 unspecified atom stereocenters. The third-order valence-electron chi connectivity index (χ3n) is 5.25. The van der Waals surface area contributed by atoms with Crippen LogP contribution in [-0.4, -0.2) is 48.8 Å². The Hall–Kier alpha value is -1.74. The average molecular weight is 473 g/mol. The Labute approximate surface area is 188 Å². The van der Waals surface area contributed by atoms with Gasteiger partial charge in [0.1, 0.15) is 0 Å². The highest BCUT2D eigenvalue weighted by Gasteiger charge is 2.23. The van der Waals surface area contributed by atoms with Gasteiger partial charge in [0.25, 0.3) is 5.56 Å². The smallest absolute Gasteiger partial charge is 0.332 e. The van der Waals surface area contributed by atoms with E-state index in [1.54, 1.807) is 45.6 Å². The summed E-state index contributed by atoms with van der Waals surface area (Å²) in [7, 11) is -1.48. The summed E-state index contributed by atoms with van der Waals surface area (Å²) < 4.78 is 27.6. The van der Waals surface area contributed by atoms with E-state index in [-0.39, 0.29) is 12.1 Å². The molecular formula is C21H37N4O6P. The van der Waals surface area contributed by atoms with E-state index in [1.807, 2.05) is 0 Å². The zero-order valence-electron chi connectivity index (χ0n) is 19.9. The standard InChI is InChI=1S/C21H37N4O6P/c1-6-30-32(29,31-7-2)15-11-10-13-24-16-22-18-17(24)19(26)25(20(27)23(18)5)14-9-8-12-21(3,4)28/h16,28H,6-15H2,1-5H3. The molecule has 0 fully saturated rings. The number of hydrogen-bond donors (Lipinski definition) is 1. The minimum atomic E-state index is -3.09. The summed E-state index contributed by atoms with van der Waals surface area (Å²) in [5.41, 5.74) is -0.801. The fourth-order valence-electron chi connectivity index (χ4n) is 3.66. The predicted octanol–water partition coefficient (Wildman–Crippen LogP) is 2.88. The molecule has 0 aromatic carbocycles. The van der Waals surface area contributed by atoms with E-state index >= 15 is 0 Å². The maximum atomic E-state index is 13.1. The molecule has 0 bridgehead atoms. The van der Waals surface area contributed by atoms with Crippen molar-refractivity contribution in [2.75, 3.05) is 19.4 Å². The average Bonchev–Trinajstić information content (AvgIpc) is 3.13. The van der Waals surface area contributed by atoms with Crippen molar-refractivity contribution < 1.29 is 18.7 Å². The lowest BCUT2D eigenvalue weighted by atomic mass is 10.0. The van der Waals surface area contributed by atoms with E-state index in [1.165, 1.54) is 9.13 Å². The second kappa shape index (κ2) is 11.4. The second-order valence-corrected chi connectivity index (χ2v) is 10.7. The molecule has 0 spiro atoms. The van der Waals surface area contributed by atoms with Crippen molar-refractivity contribution >= 4 is 18.8 Å². The monoisotopic (exact) mass is 472 g/mol. The van der Waals surface area contributed by atoms with Crippen LogP contribution in [0.5, 0.6) is 0 Å². The number of nitrogens with zero attached hydrogens (tertiary/aromatic N) is 4. The van der Waals surface area contributed by atoms with E-state index in [9.17, 15) is 19.3 Å². The van der Waals surface area contributed by atoms with Crippen LogP contribution in [0.25, 0.3) is 11.2 Å². The molecule has 2 aromatic rings. The van der Waals surface area contributed by atoms with Crippen LogP contribution in [-0.2, 0) is 33.7 Å². The first-order valence-corrected chi connectivity index (χ1v) is 13.0. The summed E-state index contributed by atoms with van der Waals surface area (Å²) in [4.78, 5) is 30.0. The van der Waals surface area contributed by atoms with Gasteiger partial charge in [-0.15, -0.1) is 0 Å². The first-order chi connectivity index (χ1) is 15.0. The van der Waals surface area contributed by atoms with Gasteiger partial charge < -0.3 is 18.7 Å². The molecule has 2 heterocycles. The molecule has 0 aliphatic carbocycles. The summed E-state index contributed by atoms with van der Waals surface area (Å²) >= 11 is 0. The molecule has 0 saturated heterocycles. The number of fused-ring (bicyclic) bond motifs is 1. The van der Waals surface area contributed by atoms with Crippen molar-refractivity contribution in [3.05, 3.63) is 27.2 Å². The lowest BCUT2D eigenvalue weighted by Gasteiger charge is -2.17. The van der Waals surface area contributed by atoms with E-state index in [0.29, 0.717) is 69.2 Å². The first kappa shape index (κ1) is 26.5. The first-order valence-electron chi connectivity index (χ1n) is 11.3. The molecule has 0 saturated carbocycles. The van der Waals surface area contributed by atoms with Gasteiger partial charge in [-0.3, -0.25) is 18.5 Å². The molecule has 182 valence electrons. The molecule has 2 rings (SSSR count).